The van der Waals surface area contributed by atoms with Crippen molar-refractivity contribution in [2.24, 2.45) is 0 Å². The van der Waals surface area contributed by atoms with E-state index in [9.17, 15) is 9.18 Å². The minimum atomic E-state index is -0.591. The quantitative estimate of drug-likeness (QED) is 0.534. The summed E-state index contributed by atoms with van der Waals surface area (Å²) in [5.74, 6) is -0.949. The Morgan fingerprint density at radius 3 is 2.83 bits per heavy atom. The standard InChI is InChI=1S/C14H9Cl2FN4O2/c1-23-10(22)5-9-12(11-7(15)3-2-4-8(11)17)13(16)20-14-18-6-19-21(9)14/h2-4,6H,5H2,1H3. The van der Waals surface area contributed by atoms with Gasteiger partial charge in [0.05, 0.1) is 24.2 Å². The van der Waals surface area contributed by atoms with Gasteiger partial charge in [-0.15, -0.1) is 0 Å². The zero-order chi connectivity index (χ0) is 16.6. The molecule has 2 aromatic heterocycles. The predicted molar refractivity (Wildman–Crippen MR) is 81.9 cm³/mol. The zero-order valence-electron chi connectivity index (χ0n) is 11.8. The molecule has 1 aromatic carbocycles. The molecule has 23 heavy (non-hydrogen) atoms. The fourth-order valence-corrected chi connectivity index (χ4v) is 2.76. The first-order chi connectivity index (χ1) is 11.0. The number of carbonyl (C=O) groups is 1. The van der Waals surface area contributed by atoms with E-state index in [-0.39, 0.29) is 39.2 Å². The number of rotatable bonds is 3. The largest absolute Gasteiger partial charge is 0.469 e. The molecule has 0 aliphatic rings. The van der Waals surface area contributed by atoms with Crippen LogP contribution in [0, 0.1) is 5.82 Å². The third kappa shape index (κ3) is 2.73. The van der Waals surface area contributed by atoms with Crippen LogP contribution < -0.4 is 0 Å². The van der Waals surface area contributed by atoms with E-state index in [1.54, 1.807) is 0 Å². The fraction of sp³-hybridized carbons (Fsp3) is 0.143. The van der Waals surface area contributed by atoms with Gasteiger partial charge in [0.15, 0.2) is 0 Å². The van der Waals surface area contributed by atoms with Crippen molar-refractivity contribution in [2.75, 3.05) is 7.11 Å². The first-order valence-corrected chi connectivity index (χ1v) is 7.17. The molecule has 0 saturated heterocycles. The summed E-state index contributed by atoms with van der Waals surface area (Å²) < 4.78 is 20.3. The maximum absolute atomic E-state index is 14.3. The summed E-state index contributed by atoms with van der Waals surface area (Å²) in [6.45, 7) is 0. The van der Waals surface area contributed by atoms with Gasteiger partial charge < -0.3 is 4.74 Å². The number of ether oxygens (including phenoxy) is 1. The highest BCUT2D eigenvalue weighted by Gasteiger charge is 2.23. The lowest BCUT2D eigenvalue weighted by Crippen LogP contribution is -2.13. The molecule has 0 bridgehead atoms. The third-order valence-electron chi connectivity index (χ3n) is 3.23. The van der Waals surface area contributed by atoms with Crippen LogP contribution in [-0.4, -0.2) is 32.7 Å². The van der Waals surface area contributed by atoms with E-state index < -0.39 is 11.8 Å². The van der Waals surface area contributed by atoms with E-state index in [4.69, 9.17) is 23.2 Å². The molecule has 9 heteroatoms. The summed E-state index contributed by atoms with van der Waals surface area (Å²) >= 11 is 12.3. The number of nitrogens with zero attached hydrogens (tertiary/aromatic N) is 4. The van der Waals surface area contributed by atoms with Crippen molar-refractivity contribution in [2.45, 2.75) is 6.42 Å². The highest BCUT2D eigenvalue weighted by Crippen LogP contribution is 2.37. The summed E-state index contributed by atoms with van der Waals surface area (Å²) in [4.78, 5) is 19.7. The summed E-state index contributed by atoms with van der Waals surface area (Å²) in [6.07, 6.45) is 1.06. The van der Waals surface area contributed by atoms with Crippen LogP contribution in [0.3, 0.4) is 0 Å². The molecule has 0 radical (unpaired) electrons. The molecule has 0 aliphatic carbocycles. The number of benzene rings is 1. The molecule has 0 atom stereocenters. The Hall–Kier alpha value is -2.25. The van der Waals surface area contributed by atoms with Gasteiger partial charge in [-0.2, -0.15) is 15.1 Å². The van der Waals surface area contributed by atoms with Crippen LogP contribution >= 0.6 is 23.2 Å². The summed E-state index contributed by atoms with van der Waals surface area (Å²) in [6, 6.07) is 4.23. The van der Waals surface area contributed by atoms with Gasteiger partial charge in [0.25, 0.3) is 5.78 Å². The first-order valence-electron chi connectivity index (χ1n) is 6.42. The van der Waals surface area contributed by atoms with Gasteiger partial charge in [0.1, 0.15) is 17.3 Å². The Balaban J connectivity index is 2.37. The second-order valence-electron chi connectivity index (χ2n) is 4.55. The number of hydrogen-bond donors (Lipinski definition) is 0. The van der Waals surface area contributed by atoms with Crippen LogP contribution in [0.15, 0.2) is 24.5 Å². The van der Waals surface area contributed by atoms with E-state index in [1.807, 2.05) is 0 Å². The van der Waals surface area contributed by atoms with Crippen molar-refractivity contribution >= 4 is 34.9 Å². The predicted octanol–water partition coefficient (Wildman–Crippen LogP) is 2.95. The molecular weight excluding hydrogens is 346 g/mol. The van der Waals surface area contributed by atoms with Crippen molar-refractivity contribution in [1.82, 2.24) is 19.6 Å². The van der Waals surface area contributed by atoms with Crippen molar-refractivity contribution in [1.29, 1.82) is 0 Å². The molecule has 0 saturated carbocycles. The normalized spacial score (nSPS) is 11.0. The first kappa shape index (κ1) is 15.6. The third-order valence-corrected chi connectivity index (χ3v) is 3.82. The minimum Gasteiger partial charge on any atom is -0.469 e. The average molecular weight is 355 g/mol. The van der Waals surface area contributed by atoms with Gasteiger partial charge in [-0.1, -0.05) is 29.3 Å². The van der Waals surface area contributed by atoms with Crippen molar-refractivity contribution in [3.8, 4) is 11.1 Å². The van der Waals surface area contributed by atoms with Gasteiger partial charge in [-0.05, 0) is 12.1 Å². The van der Waals surface area contributed by atoms with Gasteiger partial charge in [0.2, 0.25) is 0 Å². The smallest absolute Gasteiger partial charge is 0.311 e. The van der Waals surface area contributed by atoms with E-state index >= 15 is 0 Å². The van der Waals surface area contributed by atoms with Crippen LogP contribution in [0.1, 0.15) is 5.69 Å². The van der Waals surface area contributed by atoms with Gasteiger partial charge in [-0.25, -0.2) is 8.91 Å². The lowest BCUT2D eigenvalue weighted by atomic mass is 10.0. The van der Waals surface area contributed by atoms with E-state index in [1.165, 1.54) is 36.2 Å². The number of fused-ring (bicyclic) bond motifs is 1. The maximum Gasteiger partial charge on any atom is 0.311 e. The summed E-state index contributed by atoms with van der Waals surface area (Å²) in [5.41, 5.74) is 0.512. The fourth-order valence-electron chi connectivity index (χ4n) is 2.23. The van der Waals surface area contributed by atoms with Crippen LogP contribution in [0.2, 0.25) is 10.2 Å². The molecule has 2 heterocycles. The topological polar surface area (TPSA) is 69.4 Å². The van der Waals surface area contributed by atoms with Gasteiger partial charge in [0, 0.05) is 11.1 Å². The molecule has 0 fully saturated rings. The molecule has 6 nitrogen and oxygen atoms in total. The average Bonchev–Trinajstić information content (AvgIpc) is 2.97. The van der Waals surface area contributed by atoms with E-state index in [0.717, 1.165) is 0 Å². The minimum absolute atomic E-state index is 0.0311. The van der Waals surface area contributed by atoms with Gasteiger partial charge in [-0.3, -0.25) is 4.79 Å². The van der Waals surface area contributed by atoms with Crippen molar-refractivity contribution in [3.05, 3.63) is 46.2 Å². The van der Waals surface area contributed by atoms with Gasteiger partial charge >= 0.3 is 5.97 Å². The highest BCUT2D eigenvalue weighted by atomic mass is 35.5. The lowest BCUT2D eigenvalue weighted by Gasteiger charge is -2.14. The number of halogens is 3. The molecule has 3 aromatic rings. The number of methoxy groups -OCH3 is 1. The highest BCUT2D eigenvalue weighted by molar-refractivity contribution is 6.36. The summed E-state index contributed by atoms with van der Waals surface area (Å²) in [5, 5.41) is 4.11. The Morgan fingerprint density at radius 2 is 2.13 bits per heavy atom. The van der Waals surface area contributed by atoms with Crippen molar-refractivity contribution in [3.63, 3.8) is 0 Å². The second kappa shape index (κ2) is 6.10. The molecule has 0 aliphatic heterocycles. The van der Waals surface area contributed by atoms with Crippen LogP contribution in [0.25, 0.3) is 16.9 Å². The Bertz CT molecular complexity index is 893. The van der Waals surface area contributed by atoms with E-state index in [0.29, 0.717) is 0 Å². The lowest BCUT2D eigenvalue weighted by molar-refractivity contribution is -0.139. The molecule has 0 spiro atoms. The monoisotopic (exact) mass is 354 g/mol. The zero-order valence-corrected chi connectivity index (χ0v) is 13.3. The molecule has 0 unspecified atom stereocenters. The SMILES string of the molecule is COC(=O)Cc1c(-c2c(F)cccc2Cl)c(Cl)nc2ncnn12. The Labute approximate surface area is 139 Å². The van der Waals surface area contributed by atoms with Crippen LogP contribution in [-0.2, 0) is 16.0 Å². The van der Waals surface area contributed by atoms with Crippen LogP contribution in [0.4, 0.5) is 4.39 Å². The Morgan fingerprint density at radius 1 is 1.35 bits per heavy atom. The molecule has 118 valence electrons. The molecule has 0 amide bonds. The van der Waals surface area contributed by atoms with Crippen LogP contribution in [0.5, 0.6) is 0 Å². The number of aromatic nitrogens is 4. The van der Waals surface area contributed by atoms with Crippen molar-refractivity contribution < 1.29 is 13.9 Å². The second-order valence-corrected chi connectivity index (χ2v) is 5.31. The molecule has 0 N–H and O–H groups in total. The summed E-state index contributed by atoms with van der Waals surface area (Å²) in [7, 11) is 1.25. The Kier molecular flexibility index (Phi) is 4.14. The number of carbonyl (C=O) groups excluding carboxylic acids is 1. The number of hydrogen-bond acceptors (Lipinski definition) is 5. The molecular formula is C14H9Cl2FN4O2. The molecule has 3 rings (SSSR count). The maximum atomic E-state index is 14.3. The number of esters is 1. The van der Waals surface area contributed by atoms with E-state index in [2.05, 4.69) is 19.8 Å².